The Morgan fingerprint density at radius 3 is 2.91 bits per heavy atom. The fourth-order valence-corrected chi connectivity index (χ4v) is 2.98. The van der Waals surface area contributed by atoms with E-state index in [-0.39, 0.29) is 18.2 Å². The van der Waals surface area contributed by atoms with Crippen molar-refractivity contribution in [2.24, 2.45) is 0 Å². The third kappa shape index (κ3) is 4.63. The van der Waals surface area contributed by atoms with E-state index in [1.807, 2.05) is 13.1 Å². The third-order valence-corrected chi connectivity index (χ3v) is 4.12. The van der Waals surface area contributed by atoms with Gasteiger partial charge in [-0.2, -0.15) is 0 Å². The second-order valence-electron chi connectivity index (χ2n) is 5.66. The Hall–Kier alpha value is -1.23. The van der Waals surface area contributed by atoms with E-state index >= 15 is 0 Å². The number of nitrogens with one attached hydrogen (secondary N) is 1. The Labute approximate surface area is 139 Å². The summed E-state index contributed by atoms with van der Waals surface area (Å²) in [6.07, 6.45) is 4.92. The van der Waals surface area contributed by atoms with Crippen molar-refractivity contribution in [3.63, 3.8) is 0 Å². The highest BCUT2D eigenvalue weighted by Gasteiger charge is 2.19. The molecular weight excluding hydrogens is 300 g/mol. The second-order valence-corrected chi connectivity index (χ2v) is 5.66. The van der Waals surface area contributed by atoms with Crippen LogP contribution < -0.4 is 10.1 Å². The number of halogens is 1. The van der Waals surface area contributed by atoms with Crippen LogP contribution in [0.5, 0.6) is 11.5 Å². The predicted molar refractivity (Wildman–Crippen MR) is 93.2 cm³/mol. The fourth-order valence-electron chi connectivity index (χ4n) is 2.98. The molecule has 5 heteroatoms. The van der Waals surface area contributed by atoms with Crippen molar-refractivity contribution in [1.29, 1.82) is 0 Å². The number of likely N-dealkylation sites (N-methyl/N-ethyl adjacent to an activating group) is 1. The van der Waals surface area contributed by atoms with Crippen LogP contribution in [0, 0.1) is 0 Å². The van der Waals surface area contributed by atoms with Gasteiger partial charge in [0.2, 0.25) is 0 Å². The van der Waals surface area contributed by atoms with Crippen molar-refractivity contribution >= 4 is 12.4 Å². The van der Waals surface area contributed by atoms with Gasteiger partial charge in [-0.05, 0) is 44.5 Å². The van der Waals surface area contributed by atoms with Crippen LogP contribution in [0.25, 0.3) is 0 Å². The molecule has 0 spiro atoms. The van der Waals surface area contributed by atoms with Crippen molar-refractivity contribution in [3.05, 3.63) is 35.9 Å². The SMILES string of the molecule is C=CCc1cc(CN2CCCC(NC)C2)cc(OC)c1O.Cl. The summed E-state index contributed by atoms with van der Waals surface area (Å²) in [5.41, 5.74) is 2.06. The van der Waals surface area contributed by atoms with Crippen LogP contribution in [0.1, 0.15) is 24.0 Å². The number of rotatable bonds is 6. The van der Waals surface area contributed by atoms with Gasteiger partial charge < -0.3 is 15.2 Å². The van der Waals surface area contributed by atoms with Crippen LogP contribution in [-0.4, -0.2) is 43.3 Å². The lowest BCUT2D eigenvalue weighted by atomic mass is 10.0. The molecule has 22 heavy (non-hydrogen) atoms. The molecule has 0 amide bonds. The van der Waals surface area contributed by atoms with Crippen LogP contribution in [0.3, 0.4) is 0 Å². The number of hydrogen-bond donors (Lipinski definition) is 2. The average Bonchev–Trinajstić information content (AvgIpc) is 2.50. The summed E-state index contributed by atoms with van der Waals surface area (Å²) in [4.78, 5) is 2.45. The molecule has 4 nitrogen and oxygen atoms in total. The molecule has 2 rings (SSSR count). The second kappa shape index (κ2) is 9.03. The van der Waals surface area contributed by atoms with Gasteiger partial charge in [0.05, 0.1) is 7.11 Å². The molecule has 0 radical (unpaired) electrons. The molecule has 1 aromatic rings. The number of methoxy groups -OCH3 is 1. The minimum absolute atomic E-state index is 0. The predicted octanol–water partition coefficient (Wildman–Crippen LogP) is 2.73. The number of benzene rings is 1. The number of nitrogens with zero attached hydrogens (tertiary/aromatic N) is 1. The molecule has 124 valence electrons. The largest absolute Gasteiger partial charge is 0.504 e. The van der Waals surface area contributed by atoms with Gasteiger partial charge >= 0.3 is 0 Å². The lowest BCUT2D eigenvalue weighted by molar-refractivity contribution is 0.187. The molecule has 0 saturated carbocycles. The van der Waals surface area contributed by atoms with Crippen LogP contribution in [0.2, 0.25) is 0 Å². The molecule has 1 aromatic carbocycles. The number of allylic oxidation sites excluding steroid dienone is 1. The lowest BCUT2D eigenvalue weighted by Crippen LogP contribution is -2.43. The number of hydrogen-bond acceptors (Lipinski definition) is 4. The Bertz CT molecular complexity index is 494. The van der Waals surface area contributed by atoms with E-state index < -0.39 is 0 Å². The van der Waals surface area contributed by atoms with E-state index in [4.69, 9.17) is 4.74 Å². The molecule has 1 unspecified atom stereocenters. The quantitative estimate of drug-likeness (QED) is 0.789. The highest BCUT2D eigenvalue weighted by molar-refractivity contribution is 5.85. The molecule has 0 bridgehead atoms. The number of aromatic hydroxyl groups is 1. The van der Waals surface area contributed by atoms with Gasteiger partial charge in [0.25, 0.3) is 0 Å². The smallest absolute Gasteiger partial charge is 0.161 e. The van der Waals surface area contributed by atoms with Crippen molar-refractivity contribution in [1.82, 2.24) is 10.2 Å². The molecule has 1 heterocycles. The van der Waals surface area contributed by atoms with Gasteiger partial charge in [-0.25, -0.2) is 0 Å². The van der Waals surface area contributed by atoms with Gasteiger partial charge in [0.1, 0.15) is 0 Å². The maximum absolute atomic E-state index is 10.1. The van der Waals surface area contributed by atoms with E-state index in [9.17, 15) is 5.11 Å². The highest BCUT2D eigenvalue weighted by Crippen LogP contribution is 2.32. The first-order valence-corrected chi connectivity index (χ1v) is 7.57. The monoisotopic (exact) mass is 326 g/mol. The van der Waals surface area contributed by atoms with Crippen LogP contribution in [0.15, 0.2) is 24.8 Å². The number of phenolic OH excluding ortho intramolecular Hbond substituents is 1. The first kappa shape index (κ1) is 18.8. The Morgan fingerprint density at radius 2 is 2.27 bits per heavy atom. The molecule has 0 aliphatic carbocycles. The number of piperidine rings is 1. The standard InChI is InChI=1S/C17H26N2O2.ClH/c1-4-6-14-9-13(10-16(21-3)17(14)20)11-19-8-5-7-15(12-19)18-2;/h4,9-10,15,18,20H,1,5-8,11-12H2,2-3H3;1H. The summed E-state index contributed by atoms with van der Waals surface area (Å²) in [5, 5.41) is 13.5. The molecule has 1 fully saturated rings. The maximum Gasteiger partial charge on any atom is 0.161 e. The molecule has 2 N–H and O–H groups in total. The Kier molecular flexibility index (Phi) is 7.73. The van der Waals surface area contributed by atoms with Crippen molar-refractivity contribution in [2.75, 3.05) is 27.2 Å². The van der Waals surface area contributed by atoms with E-state index in [0.29, 0.717) is 18.2 Å². The van der Waals surface area contributed by atoms with Gasteiger partial charge in [0.15, 0.2) is 11.5 Å². The highest BCUT2D eigenvalue weighted by atomic mass is 35.5. The van der Waals surface area contributed by atoms with E-state index in [1.54, 1.807) is 13.2 Å². The zero-order chi connectivity index (χ0) is 15.2. The van der Waals surface area contributed by atoms with Crippen LogP contribution in [-0.2, 0) is 13.0 Å². The summed E-state index contributed by atoms with van der Waals surface area (Å²) >= 11 is 0. The summed E-state index contributed by atoms with van der Waals surface area (Å²) in [7, 11) is 3.62. The van der Waals surface area contributed by atoms with Gasteiger partial charge in [0, 0.05) is 24.7 Å². The molecular formula is C17H27ClN2O2. The van der Waals surface area contributed by atoms with Gasteiger partial charge in [-0.1, -0.05) is 12.1 Å². The number of likely N-dealkylation sites (tertiary alicyclic amines) is 1. The minimum atomic E-state index is 0. The molecule has 0 aromatic heterocycles. The lowest BCUT2D eigenvalue weighted by Gasteiger charge is -2.32. The summed E-state index contributed by atoms with van der Waals surface area (Å²) < 4.78 is 5.29. The Balaban J connectivity index is 0.00000242. The maximum atomic E-state index is 10.1. The summed E-state index contributed by atoms with van der Waals surface area (Å²) in [5.74, 6) is 0.777. The molecule has 1 aliphatic heterocycles. The summed E-state index contributed by atoms with van der Waals surface area (Å²) in [6, 6.07) is 4.57. The third-order valence-electron chi connectivity index (χ3n) is 4.12. The van der Waals surface area contributed by atoms with Gasteiger partial charge in [-0.15, -0.1) is 19.0 Å². The molecule has 1 aliphatic rings. The number of ether oxygens (including phenoxy) is 1. The average molecular weight is 327 g/mol. The van der Waals surface area contributed by atoms with Crippen LogP contribution in [0.4, 0.5) is 0 Å². The van der Waals surface area contributed by atoms with Gasteiger partial charge in [-0.3, -0.25) is 4.90 Å². The molecule has 1 saturated heterocycles. The first-order chi connectivity index (χ1) is 10.2. The summed E-state index contributed by atoms with van der Waals surface area (Å²) in [6.45, 7) is 6.83. The van der Waals surface area contributed by atoms with E-state index in [0.717, 1.165) is 25.2 Å². The Morgan fingerprint density at radius 1 is 1.50 bits per heavy atom. The normalized spacial score (nSPS) is 18.5. The van der Waals surface area contributed by atoms with E-state index in [2.05, 4.69) is 22.9 Å². The zero-order valence-corrected chi connectivity index (χ0v) is 14.3. The van der Waals surface area contributed by atoms with E-state index in [1.165, 1.54) is 18.4 Å². The van der Waals surface area contributed by atoms with Crippen molar-refractivity contribution in [3.8, 4) is 11.5 Å². The minimum Gasteiger partial charge on any atom is -0.504 e. The fraction of sp³-hybridized carbons (Fsp3) is 0.529. The van der Waals surface area contributed by atoms with Crippen molar-refractivity contribution in [2.45, 2.75) is 31.8 Å². The molecule has 1 atom stereocenters. The zero-order valence-electron chi connectivity index (χ0n) is 13.5. The number of phenols is 1. The van der Waals surface area contributed by atoms with Crippen molar-refractivity contribution < 1.29 is 9.84 Å². The van der Waals surface area contributed by atoms with Crippen LogP contribution >= 0.6 is 12.4 Å². The first-order valence-electron chi connectivity index (χ1n) is 7.57. The topological polar surface area (TPSA) is 44.7 Å².